The van der Waals surface area contributed by atoms with Crippen LogP contribution in [0, 0.1) is 0 Å². The summed E-state index contributed by atoms with van der Waals surface area (Å²) in [7, 11) is -2.52. The van der Waals surface area contributed by atoms with Gasteiger partial charge in [-0.1, -0.05) is 24.3 Å². The van der Waals surface area contributed by atoms with Gasteiger partial charge in [0.15, 0.2) is 0 Å². The summed E-state index contributed by atoms with van der Waals surface area (Å²) in [5.41, 5.74) is 3.31. The van der Waals surface area contributed by atoms with Crippen LogP contribution in [0.5, 0.6) is 0 Å². The SMILES string of the molecule is CONC(=O)c1ccc(CN2C(=O)c3ccccc3S2(=O)=O)cc1. The van der Waals surface area contributed by atoms with Crippen LogP contribution in [0.3, 0.4) is 0 Å². The largest absolute Gasteiger partial charge is 0.277 e. The lowest BCUT2D eigenvalue weighted by molar-refractivity contribution is 0.0537. The minimum atomic E-state index is -3.84. The molecule has 1 aliphatic heterocycles. The van der Waals surface area contributed by atoms with Gasteiger partial charge in [0.25, 0.3) is 21.8 Å². The quantitative estimate of drug-likeness (QED) is 0.843. The van der Waals surface area contributed by atoms with Gasteiger partial charge >= 0.3 is 0 Å². The summed E-state index contributed by atoms with van der Waals surface area (Å²) >= 11 is 0. The van der Waals surface area contributed by atoms with Crippen molar-refractivity contribution in [2.45, 2.75) is 11.4 Å². The summed E-state index contributed by atoms with van der Waals surface area (Å²) in [6.07, 6.45) is 0. The summed E-state index contributed by atoms with van der Waals surface area (Å²) in [4.78, 5) is 28.5. The number of amides is 2. The summed E-state index contributed by atoms with van der Waals surface area (Å²) in [5.74, 6) is -0.965. The molecule has 0 aliphatic carbocycles. The van der Waals surface area contributed by atoms with Crippen LogP contribution >= 0.6 is 0 Å². The predicted molar refractivity (Wildman–Crippen MR) is 84.4 cm³/mol. The van der Waals surface area contributed by atoms with Crippen LogP contribution in [0.1, 0.15) is 26.3 Å². The zero-order valence-electron chi connectivity index (χ0n) is 12.7. The number of fused-ring (bicyclic) bond motifs is 1. The molecule has 7 nitrogen and oxygen atoms in total. The molecule has 0 unspecified atom stereocenters. The van der Waals surface area contributed by atoms with E-state index in [1.807, 2.05) is 0 Å². The molecule has 1 heterocycles. The summed E-state index contributed by atoms with van der Waals surface area (Å²) < 4.78 is 25.8. The molecule has 0 bridgehead atoms. The molecule has 0 spiro atoms. The van der Waals surface area contributed by atoms with Gasteiger partial charge < -0.3 is 0 Å². The molecule has 0 saturated carbocycles. The number of hydroxylamine groups is 1. The van der Waals surface area contributed by atoms with E-state index in [0.717, 1.165) is 4.31 Å². The van der Waals surface area contributed by atoms with E-state index in [4.69, 9.17) is 0 Å². The van der Waals surface area contributed by atoms with Crippen molar-refractivity contribution in [1.29, 1.82) is 0 Å². The number of hydrogen-bond donors (Lipinski definition) is 1. The maximum atomic E-state index is 12.5. The Hall–Kier alpha value is -2.71. The predicted octanol–water partition coefficient (Wildman–Crippen LogP) is 1.32. The number of nitrogens with one attached hydrogen (secondary N) is 1. The molecule has 2 amide bonds. The Morgan fingerprint density at radius 2 is 1.79 bits per heavy atom. The lowest BCUT2D eigenvalue weighted by Crippen LogP contribution is -2.29. The van der Waals surface area contributed by atoms with Gasteiger partial charge in [0.1, 0.15) is 4.90 Å². The van der Waals surface area contributed by atoms with E-state index in [-0.39, 0.29) is 17.0 Å². The minimum absolute atomic E-state index is 0.0195. The number of hydrogen-bond acceptors (Lipinski definition) is 5. The molecule has 3 rings (SSSR count). The van der Waals surface area contributed by atoms with Gasteiger partial charge in [-0.15, -0.1) is 0 Å². The van der Waals surface area contributed by atoms with Crippen LogP contribution in [-0.4, -0.2) is 31.6 Å². The van der Waals surface area contributed by atoms with Crippen molar-refractivity contribution in [2.24, 2.45) is 0 Å². The van der Waals surface area contributed by atoms with Gasteiger partial charge in [-0.05, 0) is 29.8 Å². The zero-order chi connectivity index (χ0) is 17.3. The molecule has 0 atom stereocenters. The Morgan fingerprint density at radius 1 is 1.12 bits per heavy atom. The normalized spacial score (nSPS) is 15.2. The molecule has 0 saturated heterocycles. The molecule has 1 N–H and O–H groups in total. The lowest BCUT2D eigenvalue weighted by atomic mass is 10.1. The van der Waals surface area contributed by atoms with Crippen LogP contribution in [0.2, 0.25) is 0 Å². The third-order valence-electron chi connectivity index (χ3n) is 3.65. The second-order valence-electron chi connectivity index (χ2n) is 5.15. The maximum absolute atomic E-state index is 12.5. The molecule has 0 aromatic heterocycles. The van der Waals surface area contributed by atoms with Crippen molar-refractivity contribution in [1.82, 2.24) is 9.79 Å². The van der Waals surface area contributed by atoms with Gasteiger partial charge in [0, 0.05) is 5.56 Å². The van der Waals surface area contributed by atoms with Crippen molar-refractivity contribution < 1.29 is 22.8 Å². The van der Waals surface area contributed by atoms with E-state index < -0.39 is 21.8 Å². The highest BCUT2D eigenvalue weighted by molar-refractivity contribution is 7.90. The highest BCUT2D eigenvalue weighted by Gasteiger charge is 2.40. The topological polar surface area (TPSA) is 92.8 Å². The molecular formula is C16H14N2O5S. The monoisotopic (exact) mass is 346 g/mol. The average Bonchev–Trinajstić information content (AvgIpc) is 2.77. The number of rotatable bonds is 4. The Balaban J connectivity index is 1.85. The molecule has 0 radical (unpaired) electrons. The van der Waals surface area contributed by atoms with Crippen molar-refractivity contribution in [2.75, 3.05) is 7.11 Å². The van der Waals surface area contributed by atoms with E-state index in [1.54, 1.807) is 24.3 Å². The van der Waals surface area contributed by atoms with Crippen molar-refractivity contribution >= 4 is 21.8 Å². The van der Waals surface area contributed by atoms with Gasteiger partial charge in [-0.3, -0.25) is 14.4 Å². The van der Waals surface area contributed by atoms with Crippen LogP contribution in [0.15, 0.2) is 53.4 Å². The third kappa shape index (κ3) is 2.66. The Bertz CT molecular complexity index is 906. The fraction of sp³-hybridized carbons (Fsp3) is 0.125. The van der Waals surface area contributed by atoms with Gasteiger partial charge in [0.2, 0.25) is 0 Å². The van der Waals surface area contributed by atoms with Gasteiger partial charge in [-0.25, -0.2) is 18.2 Å². The second kappa shape index (κ2) is 6.06. The van der Waals surface area contributed by atoms with Crippen LogP contribution in [0.4, 0.5) is 0 Å². The highest BCUT2D eigenvalue weighted by atomic mass is 32.2. The average molecular weight is 346 g/mol. The van der Waals surface area contributed by atoms with E-state index in [9.17, 15) is 18.0 Å². The van der Waals surface area contributed by atoms with E-state index in [2.05, 4.69) is 10.3 Å². The molecule has 0 fully saturated rings. The van der Waals surface area contributed by atoms with E-state index in [1.165, 1.54) is 31.4 Å². The number of carbonyl (C=O) groups excluding carboxylic acids is 2. The van der Waals surface area contributed by atoms with E-state index in [0.29, 0.717) is 11.1 Å². The minimum Gasteiger partial charge on any atom is -0.277 e. The van der Waals surface area contributed by atoms with Crippen LogP contribution < -0.4 is 5.48 Å². The lowest BCUT2D eigenvalue weighted by Gasteiger charge is -2.15. The first-order valence-corrected chi connectivity index (χ1v) is 8.47. The summed E-state index contributed by atoms with van der Waals surface area (Å²) in [5, 5.41) is 0. The molecule has 124 valence electrons. The Labute approximate surface area is 138 Å². The number of nitrogens with zero attached hydrogens (tertiary/aromatic N) is 1. The Morgan fingerprint density at radius 3 is 2.42 bits per heavy atom. The maximum Gasteiger partial charge on any atom is 0.274 e. The number of benzene rings is 2. The fourth-order valence-corrected chi connectivity index (χ4v) is 4.02. The smallest absolute Gasteiger partial charge is 0.274 e. The van der Waals surface area contributed by atoms with Crippen molar-refractivity contribution in [3.63, 3.8) is 0 Å². The van der Waals surface area contributed by atoms with Gasteiger partial charge in [0.05, 0.1) is 19.2 Å². The van der Waals surface area contributed by atoms with Gasteiger partial charge in [-0.2, -0.15) is 0 Å². The second-order valence-corrected chi connectivity index (χ2v) is 6.98. The fourth-order valence-electron chi connectivity index (χ4n) is 2.47. The number of sulfonamides is 1. The first kappa shape index (κ1) is 16.2. The highest BCUT2D eigenvalue weighted by Crippen LogP contribution is 2.31. The van der Waals surface area contributed by atoms with Crippen molar-refractivity contribution in [3.8, 4) is 0 Å². The molecule has 2 aromatic rings. The van der Waals surface area contributed by atoms with Crippen molar-refractivity contribution in [3.05, 3.63) is 65.2 Å². The standard InChI is InChI=1S/C16H14N2O5S/c1-23-17-15(19)12-8-6-11(7-9-12)10-18-16(20)13-4-2-3-5-14(13)24(18,21)22/h2-9H,10H2,1H3,(H,17,19). The molecule has 1 aliphatic rings. The first-order chi connectivity index (χ1) is 11.4. The molecular weight excluding hydrogens is 332 g/mol. The summed E-state index contributed by atoms with van der Waals surface area (Å²) in [6.45, 7) is -0.0952. The first-order valence-electron chi connectivity index (χ1n) is 7.03. The summed E-state index contributed by atoms with van der Waals surface area (Å²) in [6, 6.07) is 12.4. The van der Waals surface area contributed by atoms with Crippen LogP contribution in [0.25, 0.3) is 0 Å². The Kier molecular flexibility index (Phi) is 4.08. The third-order valence-corrected chi connectivity index (χ3v) is 5.44. The number of carbonyl (C=O) groups is 2. The van der Waals surface area contributed by atoms with E-state index >= 15 is 0 Å². The molecule has 24 heavy (non-hydrogen) atoms. The zero-order valence-corrected chi connectivity index (χ0v) is 13.5. The molecule has 2 aromatic carbocycles. The van der Waals surface area contributed by atoms with Crippen LogP contribution in [-0.2, 0) is 21.4 Å². The molecule has 8 heteroatoms.